The lowest BCUT2D eigenvalue weighted by Gasteiger charge is -2.34. The normalized spacial score (nSPS) is 36.9. The number of halogens is 4. The van der Waals surface area contributed by atoms with Crippen LogP contribution in [0, 0.1) is 0 Å². The lowest BCUT2D eigenvalue weighted by Crippen LogP contribution is -2.50. The summed E-state index contributed by atoms with van der Waals surface area (Å²) in [5.74, 6) is -1.97. The minimum absolute atomic E-state index is 0.00128. The van der Waals surface area contributed by atoms with Gasteiger partial charge in [0.1, 0.15) is 95.9 Å². The first-order valence-corrected chi connectivity index (χ1v) is 43.9. The maximum Gasteiger partial charge on any atom is 0.351 e. The molecule has 6 N–H and O–H groups in total. The minimum Gasteiger partial charge on any atom is -0.461 e. The van der Waals surface area contributed by atoms with Gasteiger partial charge in [0.05, 0.1) is 35.7 Å². The molecule has 5 aliphatic carbocycles. The van der Waals surface area contributed by atoms with Crippen LogP contribution in [0.1, 0.15) is 213 Å². The Morgan fingerprint density at radius 1 is 0.378 bits per heavy atom. The van der Waals surface area contributed by atoms with Gasteiger partial charge < -0.3 is 86.6 Å². The van der Waals surface area contributed by atoms with Crippen LogP contribution in [0.3, 0.4) is 0 Å². The van der Waals surface area contributed by atoms with E-state index >= 15 is 0 Å². The van der Waals surface area contributed by atoms with Crippen molar-refractivity contribution in [1.29, 1.82) is 0 Å². The molecule has 5 saturated carbocycles. The van der Waals surface area contributed by atoms with Crippen LogP contribution in [-0.4, -0.2) is 208 Å². The highest BCUT2D eigenvalue weighted by Crippen LogP contribution is 2.60. The second-order valence-corrected chi connectivity index (χ2v) is 35.1. The van der Waals surface area contributed by atoms with Crippen molar-refractivity contribution in [3.05, 3.63) is 145 Å². The molecule has 0 aromatic carbocycles. The van der Waals surface area contributed by atoms with Crippen molar-refractivity contribution in [3.63, 3.8) is 0 Å². The average Bonchev–Trinajstić information content (AvgIpc) is 1.59. The number of hydrogen-bond acceptors (Lipinski definition) is 28. The molecule has 652 valence electrons. The second kappa shape index (κ2) is 32.8. The number of aromatic nitrogens is 10. The Morgan fingerprint density at radius 3 is 1.03 bits per heavy atom. The van der Waals surface area contributed by atoms with Gasteiger partial charge in [-0.1, -0.05) is 27.7 Å². The monoisotopic (exact) mass is 1750 g/mol. The molecule has 5 spiro atoms. The van der Waals surface area contributed by atoms with E-state index in [4.69, 9.17) is 128 Å². The molecule has 0 radical (unpaired) electrons. The van der Waals surface area contributed by atoms with Gasteiger partial charge in [0.25, 0.3) is 22.2 Å². The summed E-state index contributed by atoms with van der Waals surface area (Å²) in [6.07, 6.45) is 22.6. The topological polar surface area (TPSA) is 428 Å². The first-order valence-electron chi connectivity index (χ1n) is 41.8. The molecule has 40 heteroatoms. The highest BCUT2D eigenvalue weighted by molar-refractivity contribution is 6.19. The standard InChI is InChI=1S/C17H24N2O5.C16H22ClN3O4.C16H21ClN2O5.C15H19ClN2O6.C15H17ClN2O5/c1-3-16(4-2)13-12(22-17(23-13)8-5-6-9-17)14(24-16)19-10-7-11(20)18-15(19)21;1-2-15(9-17)12-11(22-16(23-12)6-3-4-7-16)13(24-15)20-8-5-10(18)19-14(20)21;1-2-15(9-17)12-11(22-16(23-12)6-3-4-7-16)13(24-15)19-8-5-10(20)18-14(19)21;16-7-14(8-19)11-10(22-15(23-11)4-1-2-5-15)12(24-14)18-6-3-9(20)17-13(18)21;16-7-14-8-20-13-17-9(19)3-6-18(13)12(23-14)10-11(14)22-15(21-10)4-1-2-5-15/h7,10,12-14H,3-6,8-9H2,1-2H3,(H,18,20,21);5,8,11-13H,2-4,6-7,9H2,1H3,(H2,18,19,21);5,8,11-13H,2-4,6-7,9H2,1H3,(H,18,20,21);3,6,10-12,19H,1-2,4-5,7-8H2,(H,17,20,21);3,6,10-12H,1-2,4-5,7-8H2/t12-,13+,14-;2*11-,12+,13-,15+;2*10-,11+,12-,14-/m11111/s1. The number of H-pyrrole nitrogens is 3. The quantitative estimate of drug-likeness (QED) is 0.0811. The molecule has 16 aliphatic rings. The Balaban J connectivity index is 0.000000106. The zero-order valence-electron chi connectivity index (χ0n) is 66.6. The van der Waals surface area contributed by atoms with E-state index in [9.17, 15) is 43.5 Å². The summed E-state index contributed by atoms with van der Waals surface area (Å²) >= 11 is 24.8. The van der Waals surface area contributed by atoms with E-state index in [1.807, 2.05) is 13.8 Å². The van der Waals surface area contributed by atoms with Crippen LogP contribution in [0.5, 0.6) is 6.01 Å². The number of nitrogens with one attached hydrogen (secondary N) is 3. The molecule has 11 aliphatic heterocycles. The van der Waals surface area contributed by atoms with Gasteiger partial charge in [0.15, 0.2) is 60.1 Å². The third kappa shape index (κ3) is 14.8. The summed E-state index contributed by atoms with van der Waals surface area (Å²) in [5, 5.41) is 9.88. The molecular weight excluding hydrogens is 1640 g/mol. The van der Waals surface area contributed by atoms with Crippen molar-refractivity contribution in [1.82, 2.24) is 47.8 Å². The van der Waals surface area contributed by atoms with Crippen LogP contribution in [0.2, 0.25) is 0 Å². The number of alkyl halides is 4. The van der Waals surface area contributed by atoms with E-state index in [1.165, 1.54) is 61.1 Å². The van der Waals surface area contributed by atoms with Gasteiger partial charge in [-0.15, -0.1) is 46.4 Å². The molecule has 5 aromatic rings. The van der Waals surface area contributed by atoms with E-state index in [1.54, 1.807) is 23.0 Å². The van der Waals surface area contributed by atoms with Crippen molar-refractivity contribution in [2.24, 2.45) is 0 Å². The Morgan fingerprint density at radius 2 is 0.689 bits per heavy atom. The SMILES string of the molecule is CCC1(CC)O[C@@H](n2ccc(=O)[nH]c2=O)[C@@H]2OC3(CCCC3)O[C@@H]21.CC[C@@]1(CCl)O[C@@H](n2ccc(=O)[nH]c2=O)[C@@H]2OC3(CCCC3)O[C@@H]21.CC[C@@]1(CCl)O[C@@H](n2ccc(N)nc2=O)[C@@H]2OC3(CCCC3)O[C@@H]21.O=c1ccn([C@@H]2O[C@@](CO)(CCl)[C@H]3OC4(CCCC4)O[C@@H]23)c(=O)[nH]1.O=c1ccn2c(n1)OC[C@@]1(CCl)O[C@@H]2[C@@H]2OC3(CCCC3)O[C@@H]21. The minimum atomic E-state index is -1.15. The summed E-state index contributed by atoms with van der Waals surface area (Å²) in [6.45, 7) is 7.97. The van der Waals surface area contributed by atoms with Crippen molar-refractivity contribution in [2.45, 2.75) is 331 Å². The number of aromatic amines is 3. The summed E-state index contributed by atoms with van der Waals surface area (Å²) in [6, 6.07) is 7.07. The molecule has 2 bridgehead atoms. The van der Waals surface area contributed by atoms with Crippen LogP contribution in [0.4, 0.5) is 5.82 Å². The number of aliphatic hydroxyl groups is 1. The van der Waals surface area contributed by atoms with E-state index in [0.29, 0.717) is 12.8 Å². The van der Waals surface area contributed by atoms with E-state index in [2.05, 4.69) is 38.8 Å². The number of hydrogen-bond donors (Lipinski definition) is 5. The van der Waals surface area contributed by atoms with Crippen molar-refractivity contribution < 1.29 is 80.9 Å². The Bertz CT molecular complexity index is 4710. The molecule has 16 heterocycles. The first-order chi connectivity index (χ1) is 57.2. The number of nitrogens with two attached hydrogens (primary N) is 1. The van der Waals surface area contributed by atoms with Crippen molar-refractivity contribution in [2.75, 3.05) is 42.5 Å². The second-order valence-electron chi connectivity index (χ2n) is 34.0. The van der Waals surface area contributed by atoms with Crippen molar-refractivity contribution in [3.8, 4) is 6.01 Å². The largest absolute Gasteiger partial charge is 0.461 e. The average molecular weight is 1750 g/mol. The molecular formula is C79H103Cl4N11O25. The van der Waals surface area contributed by atoms with Gasteiger partial charge in [-0.3, -0.25) is 57.0 Å². The van der Waals surface area contributed by atoms with Crippen LogP contribution >= 0.6 is 46.4 Å². The summed E-state index contributed by atoms with van der Waals surface area (Å²) in [7, 11) is 0. The fraction of sp³-hybridized carbons (Fsp3) is 0.747. The molecule has 21 rings (SSSR count). The van der Waals surface area contributed by atoms with Gasteiger partial charge in [-0.25, -0.2) is 19.2 Å². The molecule has 0 amide bonds. The summed E-state index contributed by atoms with van der Waals surface area (Å²) in [5.41, 5.74) is -1.99. The molecule has 119 heavy (non-hydrogen) atoms. The van der Waals surface area contributed by atoms with Gasteiger partial charge in [-0.2, -0.15) is 9.97 Å². The first kappa shape index (κ1) is 85.1. The predicted molar refractivity (Wildman–Crippen MR) is 421 cm³/mol. The number of nitrogen functional groups attached to an aromatic ring is 1. The van der Waals surface area contributed by atoms with Gasteiger partial charge in [0, 0.05) is 119 Å². The maximum absolute atomic E-state index is 12.3. The molecule has 10 saturated heterocycles. The maximum atomic E-state index is 12.3. The van der Waals surface area contributed by atoms with Crippen LogP contribution in [0.25, 0.3) is 0 Å². The van der Waals surface area contributed by atoms with Gasteiger partial charge in [-0.05, 0) is 96.0 Å². The molecule has 5 aromatic heterocycles. The Kier molecular flexibility index (Phi) is 23.5. The van der Waals surface area contributed by atoms with Gasteiger partial charge >= 0.3 is 28.8 Å². The number of ether oxygens (including phenoxy) is 16. The highest BCUT2D eigenvalue weighted by atomic mass is 35.5. The van der Waals surface area contributed by atoms with Crippen LogP contribution in [-0.2, 0) is 71.1 Å². The van der Waals surface area contributed by atoms with Gasteiger partial charge in [0.2, 0.25) is 0 Å². The fourth-order valence-electron chi connectivity index (χ4n) is 20.7. The van der Waals surface area contributed by atoms with Crippen LogP contribution in [0.15, 0.2) is 99.7 Å². The van der Waals surface area contributed by atoms with E-state index in [0.717, 1.165) is 141 Å². The fourth-order valence-corrected chi connectivity index (χ4v) is 22.1. The number of rotatable bonds is 13. The molecule has 15 fully saturated rings. The van der Waals surface area contributed by atoms with Crippen molar-refractivity contribution >= 4 is 52.2 Å². The molecule has 36 nitrogen and oxygen atoms in total. The summed E-state index contributed by atoms with van der Waals surface area (Å²) < 4.78 is 107. The third-order valence-corrected chi connectivity index (χ3v) is 29.0. The van der Waals surface area contributed by atoms with E-state index < -0.39 is 146 Å². The lowest BCUT2D eigenvalue weighted by molar-refractivity contribution is -0.235. The smallest absolute Gasteiger partial charge is 0.351 e. The zero-order chi connectivity index (χ0) is 83.5. The molecule has 19 atom stereocenters. The zero-order valence-corrected chi connectivity index (χ0v) is 69.6. The Labute approximate surface area is 701 Å². The number of aliphatic hydroxyl groups excluding tert-OH is 1. The summed E-state index contributed by atoms with van der Waals surface area (Å²) in [4.78, 5) is 109. The predicted octanol–water partition coefficient (Wildman–Crippen LogP) is 6.27. The van der Waals surface area contributed by atoms with Crippen LogP contribution < -0.4 is 55.5 Å². The number of nitrogens with zero attached hydrogens (tertiary/aromatic N) is 7. The Hall–Kier alpha value is -6.08. The lowest BCUT2D eigenvalue weighted by atomic mass is 9.90. The molecule has 0 unspecified atom stereocenters. The number of fused-ring (bicyclic) bond motifs is 11. The number of anilines is 1. The third-order valence-electron chi connectivity index (χ3n) is 27.1. The highest BCUT2D eigenvalue weighted by Gasteiger charge is 2.71. The van der Waals surface area contributed by atoms with E-state index in [-0.39, 0.29) is 96.8 Å².